The molecule has 0 spiro atoms. The quantitative estimate of drug-likeness (QED) is 0.578. The van der Waals surface area contributed by atoms with Crippen molar-refractivity contribution in [2.45, 2.75) is 45.8 Å². The van der Waals surface area contributed by atoms with E-state index >= 15 is 0 Å². The molecule has 0 rings (SSSR count). The Morgan fingerprint density at radius 2 is 2.00 bits per heavy atom. The van der Waals surface area contributed by atoms with Crippen LogP contribution in [0.25, 0.3) is 0 Å². The van der Waals surface area contributed by atoms with E-state index < -0.39 is 6.10 Å². The van der Waals surface area contributed by atoms with Crippen LogP contribution in [0.4, 0.5) is 0 Å². The standard InChI is InChI=1S/C10H22N2O2/c1-7(2)9(13)6-12-10(14)5-4-8(3)11/h7-9,13H,4-6,11H2,1-3H3,(H,12,14). The van der Waals surface area contributed by atoms with Crippen LogP contribution in [0.2, 0.25) is 0 Å². The Morgan fingerprint density at radius 1 is 1.43 bits per heavy atom. The second-order valence-electron chi connectivity index (χ2n) is 4.13. The van der Waals surface area contributed by atoms with E-state index in [-0.39, 0.29) is 17.9 Å². The minimum Gasteiger partial charge on any atom is -0.391 e. The monoisotopic (exact) mass is 202 g/mol. The van der Waals surface area contributed by atoms with Gasteiger partial charge in [-0.1, -0.05) is 13.8 Å². The Morgan fingerprint density at radius 3 is 2.43 bits per heavy atom. The van der Waals surface area contributed by atoms with Gasteiger partial charge in [-0.3, -0.25) is 4.79 Å². The van der Waals surface area contributed by atoms with Crippen molar-refractivity contribution in [2.75, 3.05) is 6.54 Å². The van der Waals surface area contributed by atoms with Gasteiger partial charge >= 0.3 is 0 Å². The highest BCUT2D eigenvalue weighted by atomic mass is 16.3. The van der Waals surface area contributed by atoms with E-state index in [1.165, 1.54) is 0 Å². The maximum Gasteiger partial charge on any atom is 0.220 e. The molecule has 0 aromatic carbocycles. The van der Waals surface area contributed by atoms with E-state index in [1.807, 2.05) is 20.8 Å². The molecule has 0 radical (unpaired) electrons. The molecule has 4 nitrogen and oxygen atoms in total. The Kier molecular flexibility index (Phi) is 6.49. The number of rotatable bonds is 6. The molecule has 0 heterocycles. The van der Waals surface area contributed by atoms with Crippen molar-refractivity contribution < 1.29 is 9.90 Å². The molecule has 0 saturated carbocycles. The zero-order chi connectivity index (χ0) is 11.1. The summed E-state index contributed by atoms with van der Waals surface area (Å²) in [7, 11) is 0. The molecule has 4 heteroatoms. The highest BCUT2D eigenvalue weighted by molar-refractivity contribution is 5.75. The van der Waals surface area contributed by atoms with Gasteiger partial charge in [0.2, 0.25) is 5.91 Å². The van der Waals surface area contributed by atoms with Crippen LogP contribution >= 0.6 is 0 Å². The number of amides is 1. The maximum atomic E-state index is 11.2. The summed E-state index contributed by atoms with van der Waals surface area (Å²) < 4.78 is 0. The Hall–Kier alpha value is -0.610. The fourth-order valence-electron chi connectivity index (χ4n) is 0.901. The molecule has 2 atom stereocenters. The van der Waals surface area contributed by atoms with Gasteiger partial charge in [-0.25, -0.2) is 0 Å². The van der Waals surface area contributed by atoms with Crippen LogP contribution in [0.5, 0.6) is 0 Å². The third-order valence-electron chi connectivity index (χ3n) is 2.10. The van der Waals surface area contributed by atoms with Gasteiger partial charge in [-0.05, 0) is 19.3 Å². The first-order valence-corrected chi connectivity index (χ1v) is 5.13. The topological polar surface area (TPSA) is 75.4 Å². The smallest absolute Gasteiger partial charge is 0.220 e. The summed E-state index contributed by atoms with van der Waals surface area (Å²) >= 11 is 0. The second-order valence-corrected chi connectivity index (χ2v) is 4.13. The summed E-state index contributed by atoms with van der Waals surface area (Å²) in [6, 6.07) is 0.0516. The van der Waals surface area contributed by atoms with E-state index in [4.69, 9.17) is 5.73 Å². The number of aliphatic hydroxyl groups is 1. The number of hydrogen-bond acceptors (Lipinski definition) is 3. The average Bonchev–Trinajstić information content (AvgIpc) is 2.10. The van der Waals surface area contributed by atoms with E-state index in [2.05, 4.69) is 5.32 Å². The zero-order valence-corrected chi connectivity index (χ0v) is 9.29. The van der Waals surface area contributed by atoms with E-state index in [9.17, 15) is 9.90 Å². The molecule has 84 valence electrons. The molecule has 0 aliphatic rings. The summed E-state index contributed by atoms with van der Waals surface area (Å²) in [5.74, 6) is 0.130. The minimum atomic E-state index is -0.464. The Labute approximate surface area is 85.9 Å². The van der Waals surface area contributed by atoms with Crippen LogP contribution in [0, 0.1) is 5.92 Å². The second kappa shape index (κ2) is 6.79. The van der Waals surface area contributed by atoms with Gasteiger partial charge in [0.15, 0.2) is 0 Å². The highest BCUT2D eigenvalue weighted by Gasteiger charge is 2.10. The first kappa shape index (κ1) is 13.4. The number of nitrogens with one attached hydrogen (secondary N) is 1. The fourth-order valence-corrected chi connectivity index (χ4v) is 0.901. The van der Waals surface area contributed by atoms with Gasteiger partial charge < -0.3 is 16.2 Å². The molecule has 14 heavy (non-hydrogen) atoms. The van der Waals surface area contributed by atoms with Crippen LogP contribution in [-0.4, -0.2) is 29.7 Å². The largest absolute Gasteiger partial charge is 0.391 e. The summed E-state index contributed by atoms with van der Waals surface area (Å²) in [5.41, 5.74) is 5.52. The number of hydrogen-bond donors (Lipinski definition) is 3. The van der Waals surface area contributed by atoms with Crippen molar-refractivity contribution in [3.05, 3.63) is 0 Å². The molecule has 0 aliphatic carbocycles. The van der Waals surface area contributed by atoms with Crippen LogP contribution < -0.4 is 11.1 Å². The molecule has 2 unspecified atom stereocenters. The van der Waals surface area contributed by atoms with Gasteiger partial charge in [-0.2, -0.15) is 0 Å². The first-order chi connectivity index (χ1) is 6.43. The van der Waals surface area contributed by atoms with Gasteiger partial charge in [-0.15, -0.1) is 0 Å². The van der Waals surface area contributed by atoms with Gasteiger partial charge in [0.25, 0.3) is 0 Å². The summed E-state index contributed by atoms with van der Waals surface area (Å²) in [4.78, 5) is 11.2. The van der Waals surface area contributed by atoms with Crippen LogP contribution in [0.1, 0.15) is 33.6 Å². The highest BCUT2D eigenvalue weighted by Crippen LogP contribution is 1.99. The molecule has 0 bridgehead atoms. The number of carbonyl (C=O) groups is 1. The van der Waals surface area contributed by atoms with Crippen LogP contribution in [0.3, 0.4) is 0 Å². The molecule has 0 aliphatic heterocycles. The van der Waals surface area contributed by atoms with E-state index in [0.717, 1.165) is 0 Å². The molecular formula is C10H22N2O2. The summed E-state index contributed by atoms with van der Waals surface area (Å²) in [5, 5.41) is 12.1. The maximum absolute atomic E-state index is 11.2. The average molecular weight is 202 g/mol. The lowest BCUT2D eigenvalue weighted by molar-refractivity contribution is -0.121. The Balaban J connectivity index is 3.54. The van der Waals surface area contributed by atoms with Crippen molar-refractivity contribution in [3.63, 3.8) is 0 Å². The third kappa shape index (κ3) is 6.86. The van der Waals surface area contributed by atoms with Gasteiger partial charge in [0.05, 0.1) is 6.10 Å². The fraction of sp³-hybridized carbons (Fsp3) is 0.900. The van der Waals surface area contributed by atoms with Gasteiger partial charge in [0, 0.05) is 19.0 Å². The number of carbonyl (C=O) groups excluding carboxylic acids is 1. The molecular weight excluding hydrogens is 180 g/mol. The van der Waals surface area contributed by atoms with E-state index in [1.54, 1.807) is 0 Å². The van der Waals surface area contributed by atoms with E-state index in [0.29, 0.717) is 19.4 Å². The molecule has 0 fully saturated rings. The molecule has 1 amide bonds. The van der Waals surface area contributed by atoms with Crippen molar-refractivity contribution in [3.8, 4) is 0 Å². The molecule has 4 N–H and O–H groups in total. The number of aliphatic hydroxyl groups excluding tert-OH is 1. The van der Waals surface area contributed by atoms with Crippen molar-refractivity contribution in [1.29, 1.82) is 0 Å². The zero-order valence-electron chi connectivity index (χ0n) is 9.29. The van der Waals surface area contributed by atoms with Crippen molar-refractivity contribution in [1.82, 2.24) is 5.32 Å². The Bertz CT molecular complexity index is 170. The van der Waals surface area contributed by atoms with Crippen molar-refractivity contribution >= 4 is 5.91 Å². The predicted molar refractivity (Wildman–Crippen MR) is 56.7 cm³/mol. The van der Waals surface area contributed by atoms with Gasteiger partial charge in [0.1, 0.15) is 0 Å². The normalized spacial score (nSPS) is 15.3. The molecule has 0 saturated heterocycles. The number of nitrogens with two attached hydrogens (primary N) is 1. The van der Waals surface area contributed by atoms with Crippen LogP contribution in [0.15, 0.2) is 0 Å². The first-order valence-electron chi connectivity index (χ1n) is 5.13. The lowest BCUT2D eigenvalue weighted by Gasteiger charge is -2.15. The van der Waals surface area contributed by atoms with Crippen molar-refractivity contribution in [2.24, 2.45) is 11.7 Å². The lowest BCUT2D eigenvalue weighted by atomic mass is 10.1. The van der Waals surface area contributed by atoms with Crippen LogP contribution in [-0.2, 0) is 4.79 Å². The molecule has 0 aromatic rings. The molecule has 0 aromatic heterocycles. The lowest BCUT2D eigenvalue weighted by Crippen LogP contribution is -2.35. The summed E-state index contributed by atoms with van der Waals surface area (Å²) in [6.45, 7) is 6.03. The minimum absolute atomic E-state index is 0.0398. The SMILES string of the molecule is CC(N)CCC(=O)NCC(O)C(C)C. The third-order valence-corrected chi connectivity index (χ3v) is 2.10. The predicted octanol–water partition coefficient (Wildman–Crippen LogP) is 0.247. The summed E-state index contributed by atoms with van der Waals surface area (Å²) in [6.07, 6.45) is 0.653.